The fraction of sp³-hybridized carbons (Fsp3) is 0.412. The van der Waals surface area contributed by atoms with E-state index in [1.54, 1.807) is 17.8 Å². The van der Waals surface area contributed by atoms with E-state index in [4.69, 9.17) is 0 Å². The lowest BCUT2D eigenvalue weighted by Crippen LogP contribution is -2.34. The van der Waals surface area contributed by atoms with Crippen molar-refractivity contribution in [2.75, 3.05) is 0 Å². The number of aromatic nitrogens is 5. The maximum Gasteiger partial charge on any atom is 0.393 e. The first-order chi connectivity index (χ1) is 12.8. The highest BCUT2D eigenvalue weighted by Crippen LogP contribution is 2.34. The number of para-hydroxylation sites is 1. The monoisotopic (exact) mass is 378 g/mol. The van der Waals surface area contributed by atoms with Crippen LogP contribution in [0.2, 0.25) is 0 Å². The predicted octanol–water partition coefficient (Wildman–Crippen LogP) is 2.22. The molecule has 0 fully saturated rings. The van der Waals surface area contributed by atoms with E-state index < -0.39 is 18.0 Å². The van der Waals surface area contributed by atoms with Gasteiger partial charge in [0.15, 0.2) is 11.5 Å². The molecule has 1 aliphatic rings. The van der Waals surface area contributed by atoms with Gasteiger partial charge in [0.2, 0.25) is 0 Å². The molecule has 0 bridgehead atoms. The van der Waals surface area contributed by atoms with Gasteiger partial charge in [-0.2, -0.15) is 18.3 Å². The molecule has 0 unspecified atom stereocenters. The standard InChI is InChI=1S/C17H17F3N6O/c1-25-12-5-3-2-4-11(12)15(24-25)16(27)21-8-14-23-22-13-7-6-10(9-26(13)14)17(18,19)20/h2-5,10H,6-9H2,1H3,(H,21,27)/t10-/m0/s1. The van der Waals surface area contributed by atoms with Crippen LogP contribution >= 0.6 is 0 Å². The fourth-order valence-electron chi connectivity index (χ4n) is 3.41. The first-order valence-corrected chi connectivity index (χ1v) is 8.52. The number of rotatable bonds is 3. The van der Waals surface area contributed by atoms with Gasteiger partial charge in [-0.05, 0) is 12.5 Å². The Morgan fingerprint density at radius 2 is 2.07 bits per heavy atom. The van der Waals surface area contributed by atoms with Crippen LogP contribution in [0.25, 0.3) is 10.9 Å². The molecule has 3 aromatic rings. The molecule has 1 aromatic carbocycles. The zero-order valence-electron chi connectivity index (χ0n) is 14.5. The van der Waals surface area contributed by atoms with Gasteiger partial charge in [0.25, 0.3) is 5.91 Å². The Bertz CT molecular complexity index is 1010. The smallest absolute Gasteiger partial charge is 0.343 e. The molecule has 0 spiro atoms. The molecular formula is C17H17F3N6O. The lowest BCUT2D eigenvalue weighted by molar-refractivity contribution is -0.182. The lowest BCUT2D eigenvalue weighted by Gasteiger charge is -2.26. The number of nitrogens with one attached hydrogen (secondary N) is 1. The molecule has 1 aliphatic heterocycles. The van der Waals surface area contributed by atoms with E-state index in [0.717, 1.165) is 5.52 Å². The van der Waals surface area contributed by atoms with Gasteiger partial charge in [-0.15, -0.1) is 10.2 Å². The van der Waals surface area contributed by atoms with Crippen LogP contribution in [0.1, 0.15) is 28.6 Å². The second-order valence-electron chi connectivity index (χ2n) is 6.59. The average Bonchev–Trinajstić information content (AvgIpc) is 3.20. The summed E-state index contributed by atoms with van der Waals surface area (Å²) >= 11 is 0. The Balaban J connectivity index is 1.51. The minimum atomic E-state index is -4.25. The van der Waals surface area contributed by atoms with E-state index >= 15 is 0 Å². The van der Waals surface area contributed by atoms with Crippen LogP contribution in [0.15, 0.2) is 24.3 Å². The number of hydrogen-bond acceptors (Lipinski definition) is 4. The molecular weight excluding hydrogens is 361 g/mol. The summed E-state index contributed by atoms with van der Waals surface area (Å²) in [5.41, 5.74) is 1.08. The number of aryl methyl sites for hydroxylation is 2. The molecule has 3 heterocycles. The van der Waals surface area contributed by atoms with Crippen LogP contribution in [-0.2, 0) is 26.6 Å². The van der Waals surface area contributed by atoms with E-state index in [2.05, 4.69) is 20.6 Å². The number of benzene rings is 1. The SMILES string of the molecule is Cn1nc(C(=O)NCc2nnc3n2C[C@@H](C(F)(F)F)CC3)c2ccccc21. The first-order valence-electron chi connectivity index (χ1n) is 8.52. The van der Waals surface area contributed by atoms with E-state index in [9.17, 15) is 18.0 Å². The van der Waals surface area contributed by atoms with Gasteiger partial charge in [-0.3, -0.25) is 9.48 Å². The molecule has 0 saturated carbocycles. The zero-order valence-corrected chi connectivity index (χ0v) is 14.5. The van der Waals surface area contributed by atoms with Crippen LogP contribution < -0.4 is 5.32 Å². The molecule has 142 valence electrons. The van der Waals surface area contributed by atoms with E-state index in [0.29, 0.717) is 17.0 Å². The predicted molar refractivity (Wildman–Crippen MR) is 89.8 cm³/mol. The van der Waals surface area contributed by atoms with Crippen LogP contribution in [0.3, 0.4) is 0 Å². The largest absolute Gasteiger partial charge is 0.393 e. The summed E-state index contributed by atoms with van der Waals surface area (Å²) in [5, 5.41) is 15.5. The molecule has 0 aliphatic carbocycles. The number of amides is 1. The Morgan fingerprint density at radius 3 is 2.85 bits per heavy atom. The molecule has 0 saturated heterocycles. The van der Waals surface area contributed by atoms with Gasteiger partial charge >= 0.3 is 6.18 Å². The normalized spacial score (nSPS) is 17.1. The van der Waals surface area contributed by atoms with Gasteiger partial charge < -0.3 is 9.88 Å². The van der Waals surface area contributed by atoms with Crippen molar-refractivity contribution in [2.24, 2.45) is 13.0 Å². The minimum Gasteiger partial charge on any atom is -0.343 e. The summed E-state index contributed by atoms with van der Waals surface area (Å²) in [4.78, 5) is 12.5. The maximum absolute atomic E-state index is 13.0. The van der Waals surface area contributed by atoms with Crippen molar-refractivity contribution < 1.29 is 18.0 Å². The Kier molecular flexibility index (Phi) is 4.12. The Hall–Kier alpha value is -2.91. The summed E-state index contributed by atoms with van der Waals surface area (Å²) in [6.45, 7) is -0.231. The molecule has 27 heavy (non-hydrogen) atoms. The van der Waals surface area contributed by atoms with Crippen molar-refractivity contribution in [2.45, 2.75) is 32.1 Å². The number of fused-ring (bicyclic) bond motifs is 2. The van der Waals surface area contributed by atoms with Crippen LogP contribution in [0.5, 0.6) is 0 Å². The van der Waals surface area contributed by atoms with Gasteiger partial charge in [-0.25, -0.2) is 0 Å². The third kappa shape index (κ3) is 3.15. The fourth-order valence-corrected chi connectivity index (χ4v) is 3.41. The molecule has 7 nitrogen and oxygen atoms in total. The number of hydrogen-bond donors (Lipinski definition) is 1. The summed E-state index contributed by atoms with van der Waals surface area (Å²) < 4.78 is 42.1. The molecule has 1 amide bonds. The quantitative estimate of drug-likeness (QED) is 0.758. The van der Waals surface area contributed by atoms with Crippen LogP contribution in [-0.4, -0.2) is 36.6 Å². The minimum absolute atomic E-state index is 0.00785. The number of halogens is 3. The molecule has 10 heteroatoms. The molecule has 2 aromatic heterocycles. The third-order valence-corrected chi connectivity index (χ3v) is 4.87. The van der Waals surface area contributed by atoms with E-state index in [-0.39, 0.29) is 31.6 Å². The summed E-state index contributed by atoms with van der Waals surface area (Å²) in [5.74, 6) is -1.00. The zero-order chi connectivity index (χ0) is 19.2. The lowest BCUT2D eigenvalue weighted by atomic mass is 9.99. The first kappa shape index (κ1) is 17.5. The van der Waals surface area contributed by atoms with Crippen molar-refractivity contribution in [3.05, 3.63) is 41.6 Å². The van der Waals surface area contributed by atoms with Gasteiger partial charge in [-0.1, -0.05) is 18.2 Å². The second kappa shape index (κ2) is 6.36. The van der Waals surface area contributed by atoms with E-state index in [1.807, 2.05) is 18.2 Å². The summed E-state index contributed by atoms with van der Waals surface area (Å²) in [6, 6.07) is 7.31. The average molecular weight is 378 g/mol. The number of alkyl halides is 3. The Labute approximate surface area is 152 Å². The van der Waals surface area contributed by atoms with Crippen LogP contribution in [0, 0.1) is 5.92 Å². The van der Waals surface area contributed by atoms with E-state index in [1.165, 1.54) is 4.57 Å². The second-order valence-corrected chi connectivity index (χ2v) is 6.59. The number of carbonyl (C=O) groups excluding carboxylic acids is 1. The van der Waals surface area contributed by atoms with Crippen molar-refractivity contribution in [3.63, 3.8) is 0 Å². The maximum atomic E-state index is 13.0. The summed E-state index contributed by atoms with van der Waals surface area (Å²) in [6.07, 6.45) is -4.03. The van der Waals surface area contributed by atoms with Gasteiger partial charge in [0.1, 0.15) is 5.82 Å². The van der Waals surface area contributed by atoms with Crippen molar-refractivity contribution >= 4 is 16.8 Å². The van der Waals surface area contributed by atoms with Crippen molar-refractivity contribution in [1.82, 2.24) is 29.9 Å². The number of nitrogens with zero attached hydrogens (tertiary/aromatic N) is 5. The highest BCUT2D eigenvalue weighted by atomic mass is 19.4. The van der Waals surface area contributed by atoms with Gasteiger partial charge in [0, 0.05) is 25.4 Å². The molecule has 1 atom stereocenters. The van der Waals surface area contributed by atoms with Crippen molar-refractivity contribution in [3.8, 4) is 0 Å². The number of carbonyl (C=O) groups is 1. The van der Waals surface area contributed by atoms with Crippen molar-refractivity contribution in [1.29, 1.82) is 0 Å². The highest BCUT2D eigenvalue weighted by molar-refractivity contribution is 6.04. The highest BCUT2D eigenvalue weighted by Gasteiger charge is 2.42. The van der Waals surface area contributed by atoms with Gasteiger partial charge in [0.05, 0.1) is 18.0 Å². The Morgan fingerprint density at radius 1 is 1.30 bits per heavy atom. The molecule has 0 radical (unpaired) electrons. The van der Waals surface area contributed by atoms with Crippen LogP contribution in [0.4, 0.5) is 13.2 Å². The molecule has 1 N–H and O–H groups in total. The summed E-state index contributed by atoms with van der Waals surface area (Å²) in [7, 11) is 1.74. The third-order valence-electron chi connectivity index (χ3n) is 4.87. The molecule has 4 rings (SSSR count). The topological polar surface area (TPSA) is 77.6 Å².